The number of amides is 1. The molecule has 0 saturated carbocycles. The third-order valence-electron chi connectivity index (χ3n) is 3.22. The van der Waals surface area contributed by atoms with Crippen molar-refractivity contribution < 1.29 is 9.21 Å². The van der Waals surface area contributed by atoms with Gasteiger partial charge in [-0.3, -0.25) is 4.79 Å². The molecule has 1 amide bonds. The Kier molecular flexibility index (Phi) is 4.44. The second-order valence-corrected chi connectivity index (χ2v) is 5.97. The number of carbonyl (C=O) groups is 1. The molecule has 3 aromatic rings. The van der Waals surface area contributed by atoms with Crippen LogP contribution in [-0.2, 0) is 4.79 Å². The SMILES string of the molecule is CCC(Sc1nc2ccccc2o1)C(=O)Nc1ccccc1. The maximum Gasteiger partial charge on any atom is 0.257 e. The molecular weight excluding hydrogens is 296 g/mol. The Labute approximate surface area is 132 Å². The summed E-state index contributed by atoms with van der Waals surface area (Å²) in [5.41, 5.74) is 2.34. The Hall–Kier alpha value is -2.27. The fraction of sp³-hybridized carbons (Fsp3) is 0.176. The van der Waals surface area contributed by atoms with Crippen molar-refractivity contribution in [1.29, 1.82) is 0 Å². The van der Waals surface area contributed by atoms with E-state index in [0.29, 0.717) is 11.6 Å². The standard InChI is InChI=1S/C17H16N2O2S/c1-2-15(16(20)18-12-8-4-3-5-9-12)22-17-19-13-10-6-7-11-14(13)21-17/h3-11,15H,2H2,1H3,(H,18,20). The fourth-order valence-corrected chi connectivity index (χ4v) is 2.95. The van der Waals surface area contributed by atoms with Gasteiger partial charge in [-0.25, -0.2) is 4.98 Å². The van der Waals surface area contributed by atoms with E-state index in [2.05, 4.69) is 10.3 Å². The number of oxazole rings is 1. The van der Waals surface area contributed by atoms with Gasteiger partial charge >= 0.3 is 0 Å². The zero-order valence-electron chi connectivity index (χ0n) is 12.2. The molecule has 112 valence electrons. The van der Waals surface area contributed by atoms with E-state index in [9.17, 15) is 4.79 Å². The van der Waals surface area contributed by atoms with Crippen LogP contribution >= 0.6 is 11.8 Å². The van der Waals surface area contributed by atoms with Gasteiger partial charge in [-0.1, -0.05) is 49.0 Å². The molecule has 0 fully saturated rings. The summed E-state index contributed by atoms with van der Waals surface area (Å²) >= 11 is 1.35. The topological polar surface area (TPSA) is 55.1 Å². The third-order valence-corrected chi connectivity index (χ3v) is 4.43. The second kappa shape index (κ2) is 6.66. The number of anilines is 1. The minimum Gasteiger partial charge on any atom is -0.431 e. The normalized spacial score (nSPS) is 12.2. The Morgan fingerprint density at radius 3 is 2.64 bits per heavy atom. The number of carbonyl (C=O) groups excluding carboxylic acids is 1. The fourth-order valence-electron chi connectivity index (χ4n) is 2.09. The lowest BCUT2D eigenvalue weighted by atomic mass is 10.3. The largest absolute Gasteiger partial charge is 0.431 e. The maximum absolute atomic E-state index is 12.4. The van der Waals surface area contributed by atoms with Gasteiger partial charge in [0.1, 0.15) is 5.52 Å². The first kappa shape index (κ1) is 14.7. The minimum atomic E-state index is -0.242. The molecule has 4 nitrogen and oxygen atoms in total. The molecule has 0 radical (unpaired) electrons. The number of para-hydroxylation sites is 3. The van der Waals surface area contributed by atoms with Crippen molar-refractivity contribution in [2.75, 3.05) is 5.32 Å². The number of hydrogen-bond acceptors (Lipinski definition) is 4. The summed E-state index contributed by atoms with van der Waals surface area (Å²) in [5, 5.41) is 3.20. The number of rotatable bonds is 5. The quantitative estimate of drug-likeness (QED) is 0.712. The molecule has 1 heterocycles. The molecule has 5 heteroatoms. The Morgan fingerprint density at radius 1 is 1.18 bits per heavy atom. The summed E-state index contributed by atoms with van der Waals surface area (Å²) in [6.07, 6.45) is 0.696. The van der Waals surface area contributed by atoms with Gasteiger partial charge in [0.05, 0.1) is 5.25 Å². The highest BCUT2D eigenvalue weighted by molar-refractivity contribution is 8.00. The van der Waals surface area contributed by atoms with E-state index in [1.807, 2.05) is 61.5 Å². The van der Waals surface area contributed by atoms with Crippen LogP contribution in [0, 0.1) is 0 Å². The van der Waals surface area contributed by atoms with Crippen molar-refractivity contribution >= 4 is 34.5 Å². The van der Waals surface area contributed by atoms with Crippen LogP contribution in [0.5, 0.6) is 0 Å². The van der Waals surface area contributed by atoms with Gasteiger partial charge in [0.2, 0.25) is 5.91 Å². The van der Waals surface area contributed by atoms with Crippen molar-refractivity contribution in [2.24, 2.45) is 0 Å². The summed E-state index contributed by atoms with van der Waals surface area (Å²) in [6, 6.07) is 17.0. The molecule has 1 N–H and O–H groups in total. The lowest BCUT2D eigenvalue weighted by Gasteiger charge is -2.12. The summed E-state index contributed by atoms with van der Waals surface area (Å²) in [4.78, 5) is 16.8. The van der Waals surface area contributed by atoms with Crippen molar-refractivity contribution in [2.45, 2.75) is 23.8 Å². The maximum atomic E-state index is 12.4. The van der Waals surface area contributed by atoms with Crippen LogP contribution in [0.4, 0.5) is 5.69 Å². The van der Waals surface area contributed by atoms with Crippen molar-refractivity contribution in [1.82, 2.24) is 4.98 Å². The number of aromatic nitrogens is 1. The number of benzene rings is 2. The van der Waals surface area contributed by atoms with Gasteiger partial charge in [-0.2, -0.15) is 0 Å². The zero-order chi connectivity index (χ0) is 15.4. The lowest BCUT2D eigenvalue weighted by molar-refractivity contribution is -0.115. The second-order valence-electron chi connectivity index (χ2n) is 4.82. The first-order chi connectivity index (χ1) is 10.8. The van der Waals surface area contributed by atoms with Crippen LogP contribution in [0.1, 0.15) is 13.3 Å². The molecule has 0 saturated heterocycles. The molecule has 2 aromatic carbocycles. The van der Waals surface area contributed by atoms with Gasteiger partial charge in [0.15, 0.2) is 5.58 Å². The average molecular weight is 312 g/mol. The molecule has 1 unspecified atom stereocenters. The van der Waals surface area contributed by atoms with Crippen LogP contribution in [-0.4, -0.2) is 16.1 Å². The third kappa shape index (κ3) is 3.31. The van der Waals surface area contributed by atoms with E-state index in [4.69, 9.17) is 4.42 Å². The summed E-state index contributed by atoms with van der Waals surface area (Å²) in [5.74, 6) is -0.0408. The molecule has 22 heavy (non-hydrogen) atoms. The number of hydrogen-bond donors (Lipinski definition) is 1. The average Bonchev–Trinajstić information content (AvgIpc) is 2.96. The first-order valence-corrected chi connectivity index (χ1v) is 8.02. The van der Waals surface area contributed by atoms with Crippen LogP contribution in [0.3, 0.4) is 0 Å². The van der Waals surface area contributed by atoms with Gasteiger partial charge in [0, 0.05) is 5.69 Å². The summed E-state index contributed by atoms with van der Waals surface area (Å²) in [6.45, 7) is 1.98. The number of nitrogens with one attached hydrogen (secondary N) is 1. The first-order valence-electron chi connectivity index (χ1n) is 7.14. The van der Waals surface area contributed by atoms with E-state index in [0.717, 1.165) is 16.8 Å². The Morgan fingerprint density at radius 2 is 1.91 bits per heavy atom. The number of nitrogens with zero attached hydrogens (tertiary/aromatic N) is 1. The number of thioether (sulfide) groups is 1. The van der Waals surface area contributed by atoms with Gasteiger partial charge in [-0.05, 0) is 30.7 Å². The zero-order valence-corrected chi connectivity index (χ0v) is 13.0. The molecule has 0 aliphatic rings. The van der Waals surface area contributed by atoms with Crippen LogP contribution < -0.4 is 5.32 Å². The molecule has 3 rings (SSSR count). The van der Waals surface area contributed by atoms with Gasteiger partial charge in [0.25, 0.3) is 5.22 Å². The number of fused-ring (bicyclic) bond motifs is 1. The minimum absolute atomic E-state index is 0.0408. The summed E-state index contributed by atoms with van der Waals surface area (Å²) in [7, 11) is 0. The monoisotopic (exact) mass is 312 g/mol. The van der Waals surface area contributed by atoms with Crippen LogP contribution in [0.2, 0.25) is 0 Å². The molecule has 0 spiro atoms. The van der Waals surface area contributed by atoms with Crippen LogP contribution in [0.15, 0.2) is 64.2 Å². The van der Waals surface area contributed by atoms with E-state index in [-0.39, 0.29) is 11.2 Å². The van der Waals surface area contributed by atoms with E-state index in [1.54, 1.807) is 0 Å². The predicted molar refractivity (Wildman–Crippen MR) is 89.0 cm³/mol. The highest BCUT2D eigenvalue weighted by atomic mass is 32.2. The van der Waals surface area contributed by atoms with Crippen molar-refractivity contribution in [3.05, 3.63) is 54.6 Å². The van der Waals surface area contributed by atoms with E-state index < -0.39 is 0 Å². The van der Waals surface area contributed by atoms with Crippen LogP contribution in [0.25, 0.3) is 11.1 Å². The predicted octanol–water partition coefficient (Wildman–Crippen LogP) is 4.34. The smallest absolute Gasteiger partial charge is 0.257 e. The van der Waals surface area contributed by atoms with Crippen molar-refractivity contribution in [3.63, 3.8) is 0 Å². The Bertz CT molecular complexity index is 737. The Balaban J connectivity index is 1.72. The molecule has 0 aliphatic carbocycles. The van der Waals surface area contributed by atoms with E-state index >= 15 is 0 Å². The molecular formula is C17H16N2O2S. The van der Waals surface area contributed by atoms with Gasteiger partial charge in [-0.15, -0.1) is 0 Å². The molecule has 0 bridgehead atoms. The highest BCUT2D eigenvalue weighted by Crippen LogP contribution is 2.28. The summed E-state index contributed by atoms with van der Waals surface area (Å²) < 4.78 is 5.67. The molecule has 1 aromatic heterocycles. The van der Waals surface area contributed by atoms with Crippen molar-refractivity contribution in [3.8, 4) is 0 Å². The molecule has 1 atom stereocenters. The molecule has 0 aliphatic heterocycles. The van der Waals surface area contributed by atoms with Gasteiger partial charge < -0.3 is 9.73 Å². The lowest BCUT2D eigenvalue weighted by Crippen LogP contribution is -2.24. The van der Waals surface area contributed by atoms with E-state index in [1.165, 1.54) is 11.8 Å². The highest BCUT2D eigenvalue weighted by Gasteiger charge is 2.21.